The fourth-order valence-corrected chi connectivity index (χ4v) is 1.89. The maximum Gasteiger partial charge on any atom is 0.323 e. The molecule has 0 saturated carbocycles. The molecule has 4 nitrogen and oxygen atoms in total. The summed E-state index contributed by atoms with van der Waals surface area (Å²) in [6, 6.07) is 7.89. The van der Waals surface area contributed by atoms with E-state index in [0.29, 0.717) is 13.2 Å². The van der Waals surface area contributed by atoms with E-state index in [1.165, 1.54) is 5.56 Å². The lowest BCUT2D eigenvalue weighted by molar-refractivity contribution is -0.135. The van der Waals surface area contributed by atoms with Crippen LogP contribution in [0.25, 0.3) is 0 Å². The minimum atomic E-state index is -0.819. The van der Waals surface area contributed by atoms with E-state index >= 15 is 0 Å². The Bertz CT molecular complexity index is 375. The molecule has 18 heavy (non-hydrogen) atoms. The molecule has 0 heterocycles. The van der Waals surface area contributed by atoms with Gasteiger partial charge < -0.3 is 14.7 Å². The molecule has 0 aliphatic carbocycles. The Kier molecular flexibility index (Phi) is 5.65. The van der Waals surface area contributed by atoms with Crippen molar-refractivity contribution in [2.24, 2.45) is 5.92 Å². The molecule has 0 spiro atoms. The van der Waals surface area contributed by atoms with Crippen LogP contribution in [-0.2, 0) is 9.53 Å². The third-order valence-corrected chi connectivity index (χ3v) is 2.71. The highest BCUT2D eigenvalue weighted by atomic mass is 16.5. The molecule has 0 fully saturated rings. The quantitative estimate of drug-likeness (QED) is 0.807. The lowest BCUT2D eigenvalue weighted by Gasteiger charge is -2.26. The normalized spacial score (nSPS) is 12.2. The second kappa shape index (κ2) is 7.01. The van der Waals surface area contributed by atoms with Crippen molar-refractivity contribution in [3.63, 3.8) is 0 Å². The average Bonchev–Trinajstić information content (AvgIpc) is 2.28. The average molecular weight is 251 g/mol. The highest BCUT2D eigenvalue weighted by Crippen LogP contribution is 2.16. The Morgan fingerprint density at radius 2 is 2.00 bits per heavy atom. The highest BCUT2D eigenvalue weighted by Gasteiger charge is 2.14. The molecule has 100 valence electrons. The van der Waals surface area contributed by atoms with E-state index in [0.717, 1.165) is 5.69 Å². The van der Waals surface area contributed by atoms with E-state index in [1.54, 1.807) is 7.11 Å². The fraction of sp³-hybridized carbons (Fsp3) is 0.500. The lowest BCUT2D eigenvalue weighted by atomic mass is 10.1. The molecular formula is C14H21NO3. The summed E-state index contributed by atoms with van der Waals surface area (Å²) >= 11 is 0. The van der Waals surface area contributed by atoms with Gasteiger partial charge in [-0.25, -0.2) is 0 Å². The van der Waals surface area contributed by atoms with Crippen LogP contribution < -0.4 is 4.90 Å². The van der Waals surface area contributed by atoms with Crippen LogP contribution in [0.5, 0.6) is 0 Å². The predicted molar refractivity (Wildman–Crippen MR) is 72.1 cm³/mol. The van der Waals surface area contributed by atoms with Crippen molar-refractivity contribution in [3.05, 3.63) is 29.8 Å². The Morgan fingerprint density at radius 1 is 1.39 bits per heavy atom. The van der Waals surface area contributed by atoms with Crippen LogP contribution in [0.4, 0.5) is 5.69 Å². The minimum Gasteiger partial charge on any atom is -0.480 e. The molecule has 0 aliphatic heterocycles. The summed E-state index contributed by atoms with van der Waals surface area (Å²) in [6.45, 7) is 5.37. The van der Waals surface area contributed by atoms with Gasteiger partial charge in [-0.2, -0.15) is 0 Å². The molecule has 0 bridgehead atoms. The Hall–Kier alpha value is -1.55. The number of ether oxygens (including phenoxy) is 1. The van der Waals surface area contributed by atoms with E-state index in [2.05, 4.69) is 0 Å². The van der Waals surface area contributed by atoms with E-state index in [4.69, 9.17) is 9.84 Å². The van der Waals surface area contributed by atoms with Crippen LogP contribution in [-0.4, -0.2) is 37.9 Å². The Morgan fingerprint density at radius 3 is 2.50 bits per heavy atom. The van der Waals surface area contributed by atoms with E-state index < -0.39 is 5.97 Å². The summed E-state index contributed by atoms with van der Waals surface area (Å²) in [5.74, 6) is -0.532. The predicted octanol–water partition coefficient (Wildman–Crippen LogP) is 2.17. The first kappa shape index (κ1) is 14.5. The highest BCUT2D eigenvalue weighted by molar-refractivity contribution is 5.73. The van der Waals surface area contributed by atoms with Gasteiger partial charge in [-0.15, -0.1) is 0 Å². The third kappa shape index (κ3) is 4.75. The molecule has 0 aromatic heterocycles. The van der Waals surface area contributed by atoms with Crippen molar-refractivity contribution in [1.82, 2.24) is 0 Å². The van der Waals surface area contributed by atoms with Gasteiger partial charge in [0.25, 0.3) is 0 Å². The summed E-state index contributed by atoms with van der Waals surface area (Å²) in [6.07, 6.45) is 0. The zero-order chi connectivity index (χ0) is 13.5. The maximum atomic E-state index is 10.9. The van der Waals surface area contributed by atoms with Crippen molar-refractivity contribution in [1.29, 1.82) is 0 Å². The standard InChI is InChI=1S/C14H21NO3/c1-11-4-6-13(7-5-11)15(9-14(16)17)8-12(2)10-18-3/h4-7,12H,8-10H2,1-3H3,(H,16,17). The van der Waals surface area contributed by atoms with Crippen molar-refractivity contribution in [2.45, 2.75) is 13.8 Å². The smallest absolute Gasteiger partial charge is 0.323 e. The molecule has 1 aromatic carbocycles. The minimum absolute atomic E-state index is 0.0110. The van der Waals surface area contributed by atoms with Crippen molar-refractivity contribution in [2.75, 3.05) is 31.7 Å². The topological polar surface area (TPSA) is 49.8 Å². The molecular weight excluding hydrogens is 230 g/mol. The summed E-state index contributed by atoms with van der Waals surface area (Å²) in [5.41, 5.74) is 2.10. The van der Waals surface area contributed by atoms with Gasteiger partial charge in [0, 0.05) is 19.3 Å². The van der Waals surface area contributed by atoms with E-state index in [1.807, 2.05) is 43.0 Å². The first-order valence-electron chi connectivity index (χ1n) is 6.05. The van der Waals surface area contributed by atoms with E-state index in [-0.39, 0.29) is 12.5 Å². The summed E-state index contributed by atoms with van der Waals surface area (Å²) in [4.78, 5) is 12.8. The first-order chi connectivity index (χ1) is 8.52. The Labute approximate surface area is 108 Å². The number of rotatable bonds is 7. The number of nitrogens with zero attached hydrogens (tertiary/aromatic N) is 1. The van der Waals surface area contributed by atoms with Crippen LogP contribution in [0, 0.1) is 12.8 Å². The van der Waals surface area contributed by atoms with Crippen LogP contribution in [0.2, 0.25) is 0 Å². The van der Waals surface area contributed by atoms with Crippen LogP contribution in [0.15, 0.2) is 24.3 Å². The SMILES string of the molecule is COCC(C)CN(CC(=O)O)c1ccc(C)cc1. The second-order valence-electron chi connectivity index (χ2n) is 4.67. The zero-order valence-corrected chi connectivity index (χ0v) is 11.2. The molecule has 1 aromatic rings. The molecule has 0 saturated heterocycles. The Balaban J connectivity index is 2.77. The van der Waals surface area contributed by atoms with Crippen LogP contribution >= 0.6 is 0 Å². The van der Waals surface area contributed by atoms with Gasteiger partial charge in [-0.05, 0) is 25.0 Å². The van der Waals surface area contributed by atoms with Crippen LogP contribution in [0.1, 0.15) is 12.5 Å². The number of aliphatic carboxylic acids is 1. The number of hydrogen-bond acceptors (Lipinski definition) is 3. The van der Waals surface area contributed by atoms with Gasteiger partial charge in [0.05, 0.1) is 6.61 Å². The molecule has 0 aliphatic rings. The van der Waals surface area contributed by atoms with E-state index in [9.17, 15) is 4.79 Å². The number of carbonyl (C=O) groups is 1. The largest absolute Gasteiger partial charge is 0.480 e. The van der Waals surface area contributed by atoms with Gasteiger partial charge in [-0.1, -0.05) is 24.6 Å². The first-order valence-corrected chi connectivity index (χ1v) is 6.05. The van der Waals surface area contributed by atoms with Gasteiger partial charge in [0.2, 0.25) is 0 Å². The summed E-state index contributed by atoms with van der Waals surface area (Å²) in [7, 11) is 1.66. The molecule has 1 unspecified atom stereocenters. The van der Waals surface area contributed by atoms with Gasteiger partial charge in [0.15, 0.2) is 0 Å². The molecule has 1 rings (SSSR count). The summed E-state index contributed by atoms with van der Waals surface area (Å²) < 4.78 is 5.09. The lowest BCUT2D eigenvalue weighted by Crippen LogP contribution is -2.34. The van der Waals surface area contributed by atoms with Crippen LogP contribution in [0.3, 0.4) is 0 Å². The molecule has 0 amide bonds. The van der Waals surface area contributed by atoms with Gasteiger partial charge in [0.1, 0.15) is 6.54 Å². The van der Waals surface area contributed by atoms with Crippen molar-refractivity contribution >= 4 is 11.7 Å². The molecule has 4 heteroatoms. The fourth-order valence-electron chi connectivity index (χ4n) is 1.89. The zero-order valence-electron chi connectivity index (χ0n) is 11.2. The van der Waals surface area contributed by atoms with Gasteiger partial charge >= 0.3 is 5.97 Å². The maximum absolute atomic E-state index is 10.9. The monoisotopic (exact) mass is 251 g/mol. The number of carboxylic acid groups (broad SMARTS) is 1. The van der Waals surface area contributed by atoms with Gasteiger partial charge in [-0.3, -0.25) is 4.79 Å². The number of carboxylic acids is 1. The number of methoxy groups -OCH3 is 1. The molecule has 1 atom stereocenters. The van der Waals surface area contributed by atoms with Crippen molar-refractivity contribution < 1.29 is 14.6 Å². The number of aryl methyl sites for hydroxylation is 1. The third-order valence-electron chi connectivity index (χ3n) is 2.71. The molecule has 0 radical (unpaired) electrons. The van der Waals surface area contributed by atoms with Crippen molar-refractivity contribution in [3.8, 4) is 0 Å². The number of benzene rings is 1. The molecule has 1 N–H and O–H groups in total. The number of anilines is 1. The summed E-state index contributed by atoms with van der Waals surface area (Å²) in [5, 5.41) is 8.97. The second-order valence-corrected chi connectivity index (χ2v) is 4.67. The number of hydrogen-bond donors (Lipinski definition) is 1.